The van der Waals surface area contributed by atoms with Gasteiger partial charge in [0.25, 0.3) is 0 Å². The molecule has 3 rings (SSSR count). The second-order valence-corrected chi connectivity index (χ2v) is 11.5. The Hall–Kier alpha value is -2.49. The molecule has 0 amide bonds. The average Bonchev–Trinajstić information content (AvgIpc) is 2.95. The zero-order valence-corrected chi connectivity index (χ0v) is 24.8. The minimum atomic E-state index is -0.372. The Morgan fingerprint density at radius 2 is 1.28 bits per heavy atom. The molecule has 0 aliphatic heterocycles. The van der Waals surface area contributed by atoms with Crippen LogP contribution >= 0.6 is 0 Å². The fourth-order valence-electron chi connectivity index (χ4n) is 5.64. The topological polar surface area (TPSA) is 44.8 Å². The molecule has 0 radical (unpaired) electrons. The van der Waals surface area contributed by atoms with Gasteiger partial charge in [0, 0.05) is 0 Å². The number of hydrogen-bond acceptors (Lipinski definition) is 4. The quantitative estimate of drug-likeness (QED) is 0.108. The predicted octanol–water partition coefficient (Wildman–Crippen LogP) is 10.2. The molecular weight excluding hydrogens is 484 g/mol. The summed E-state index contributed by atoms with van der Waals surface area (Å²) in [7, 11) is 0. The molecule has 0 heterocycles. The highest BCUT2D eigenvalue weighted by Gasteiger charge is 2.20. The Labute approximate surface area is 237 Å². The molecule has 1 aliphatic carbocycles. The summed E-state index contributed by atoms with van der Waals surface area (Å²) in [5, 5.41) is 0. The standard InChI is InChI=1S/C35H52O4/c1-4-6-8-10-12-28(3)38-33-21-19-31(20-22-33)35(36)39-34-25-23-32(24-26-34)37-27-11-14-30-17-15-29(16-18-30)13-9-7-5-2/h19-26,28-30H,4-18,27H2,1-3H3/t28-,29-,30-/m0/s1. The largest absolute Gasteiger partial charge is 0.494 e. The fourth-order valence-corrected chi connectivity index (χ4v) is 5.64. The lowest BCUT2D eigenvalue weighted by Gasteiger charge is -2.28. The van der Waals surface area contributed by atoms with Crippen molar-refractivity contribution in [2.75, 3.05) is 6.61 Å². The van der Waals surface area contributed by atoms with Crippen LogP contribution in [-0.4, -0.2) is 18.7 Å². The van der Waals surface area contributed by atoms with E-state index in [9.17, 15) is 4.79 Å². The van der Waals surface area contributed by atoms with Crippen molar-refractivity contribution >= 4 is 5.97 Å². The van der Waals surface area contributed by atoms with Crippen LogP contribution in [0.4, 0.5) is 0 Å². The van der Waals surface area contributed by atoms with Crippen LogP contribution in [0.2, 0.25) is 0 Å². The van der Waals surface area contributed by atoms with Crippen molar-refractivity contribution in [3.05, 3.63) is 54.1 Å². The van der Waals surface area contributed by atoms with Crippen molar-refractivity contribution in [3.63, 3.8) is 0 Å². The lowest BCUT2D eigenvalue weighted by Crippen LogP contribution is -2.15. The number of unbranched alkanes of at least 4 members (excludes halogenated alkanes) is 5. The first-order valence-corrected chi connectivity index (χ1v) is 15.8. The number of rotatable bonds is 18. The van der Waals surface area contributed by atoms with Gasteiger partial charge in [0.1, 0.15) is 17.2 Å². The van der Waals surface area contributed by atoms with Gasteiger partial charge in [0.2, 0.25) is 0 Å². The number of esters is 1. The number of benzene rings is 2. The number of carbonyl (C=O) groups is 1. The highest BCUT2D eigenvalue weighted by Crippen LogP contribution is 2.34. The first kappa shape index (κ1) is 31.0. The summed E-state index contributed by atoms with van der Waals surface area (Å²) in [6.07, 6.45) is 19.7. The summed E-state index contributed by atoms with van der Waals surface area (Å²) in [4.78, 5) is 12.6. The Bertz CT molecular complexity index is 913. The second-order valence-electron chi connectivity index (χ2n) is 11.5. The van der Waals surface area contributed by atoms with Gasteiger partial charge in [-0.05, 0) is 93.0 Å². The van der Waals surface area contributed by atoms with E-state index in [1.807, 2.05) is 24.3 Å². The van der Waals surface area contributed by atoms with Crippen LogP contribution in [0.5, 0.6) is 17.2 Å². The highest BCUT2D eigenvalue weighted by atomic mass is 16.5. The molecule has 0 N–H and O–H groups in total. The van der Waals surface area contributed by atoms with Gasteiger partial charge in [0.05, 0.1) is 18.3 Å². The smallest absolute Gasteiger partial charge is 0.343 e. The van der Waals surface area contributed by atoms with Crippen molar-refractivity contribution in [2.45, 2.75) is 123 Å². The molecule has 4 nitrogen and oxygen atoms in total. The van der Waals surface area contributed by atoms with Crippen molar-refractivity contribution in [1.29, 1.82) is 0 Å². The van der Waals surface area contributed by atoms with Crippen LogP contribution in [-0.2, 0) is 0 Å². The molecule has 0 saturated heterocycles. The van der Waals surface area contributed by atoms with Crippen LogP contribution in [0.15, 0.2) is 48.5 Å². The number of carbonyl (C=O) groups excluding carboxylic acids is 1. The van der Waals surface area contributed by atoms with E-state index in [-0.39, 0.29) is 12.1 Å². The Morgan fingerprint density at radius 1 is 0.718 bits per heavy atom. The Balaban J connectivity index is 1.31. The summed E-state index contributed by atoms with van der Waals surface area (Å²) in [5.41, 5.74) is 0.508. The van der Waals surface area contributed by atoms with Crippen molar-refractivity contribution in [2.24, 2.45) is 11.8 Å². The first-order valence-electron chi connectivity index (χ1n) is 15.8. The molecule has 216 valence electrons. The molecule has 0 bridgehead atoms. The van der Waals surface area contributed by atoms with Crippen LogP contribution in [0, 0.1) is 11.8 Å². The van der Waals surface area contributed by atoms with Gasteiger partial charge in [0.15, 0.2) is 0 Å². The average molecular weight is 537 g/mol. The SMILES string of the molecule is CCCCCC[C@H](C)Oc1ccc(C(=O)Oc2ccc(OCCC[C@H]3CC[C@H](CCCCC)CC3)cc2)cc1. The van der Waals surface area contributed by atoms with E-state index < -0.39 is 0 Å². The van der Waals surface area contributed by atoms with Crippen molar-refractivity contribution in [3.8, 4) is 17.2 Å². The van der Waals surface area contributed by atoms with Crippen LogP contribution in [0.1, 0.15) is 127 Å². The van der Waals surface area contributed by atoms with Gasteiger partial charge in [-0.2, -0.15) is 0 Å². The molecule has 2 aromatic rings. The van der Waals surface area contributed by atoms with E-state index in [1.54, 1.807) is 24.3 Å². The lowest BCUT2D eigenvalue weighted by molar-refractivity contribution is 0.0734. The van der Waals surface area contributed by atoms with E-state index in [2.05, 4.69) is 20.8 Å². The van der Waals surface area contributed by atoms with Crippen LogP contribution in [0.25, 0.3) is 0 Å². The monoisotopic (exact) mass is 536 g/mol. The third-order valence-corrected chi connectivity index (χ3v) is 8.13. The van der Waals surface area contributed by atoms with E-state index in [0.29, 0.717) is 11.3 Å². The van der Waals surface area contributed by atoms with Gasteiger partial charge >= 0.3 is 5.97 Å². The summed E-state index contributed by atoms with van der Waals surface area (Å²) in [5.74, 6) is 3.60. The summed E-state index contributed by atoms with van der Waals surface area (Å²) >= 11 is 0. The summed E-state index contributed by atoms with van der Waals surface area (Å²) in [6.45, 7) is 7.35. The maximum Gasteiger partial charge on any atom is 0.343 e. The Kier molecular flexibility index (Phi) is 14.3. The highest BCUT2D eigenvalue weighted by molar-refractivity contribution is 5.91. The zero-order chi connectivity index (χ0) is 27.7. The molecule has 0 unspecified atom stereocenters. The maximum atomic E-state index is 12.6. The maximum absolute atomic E-state index is 12.6. The third kappa shape index (κ3) is 12.1. The van der Waals surface area contributed by atoms with Crippen molar-refractivity contribution in [1.82, 2.24) is 0 Å². The zero-order valence-electron chi connectivity index (χ0n) is 24.8. The molecule has 1 aliphatic rings. The van der Waals surface area contributed by atoms with E-state index >= 15 is 0 Å². The van der Waals surface area contributed by atoms with E-state index in [0.717, 1.165) is 42.8 Å². The minimum Gasteiger partial charge on any atom is -0.494 e. The van der Waals surface area contributed by atoms with Crippen molar-refractivity contribution < 1.29 is 19.0 Å². The fraction of sp³-hybridized carbons (Fsp3) is 0.629. The molecule has 2 aromatic carbocycles. The predicted molar refractivity (Wildman–Crippen MR) is 161 cm³/mol. The Morgan fingerprint density at radius 3 is 1.92 bits per heavy atom. The molecule has 0 aromatic heterocycles. The van der Waals surface area contributed by atoms with E-state index in [4.69, 9.17) is 14.2 Å². The van der Waals surface area contributed by atoms with Gasteiger partial charge in [-0.25, -0.2) is 4.79 Å². The van der Waals surface area contributed by atoms with Gasteiger partial charge < -0.3 is 14.2 Å². The molecule has 1 atom stereocenters. The van der Waals surface area contributed by atoms with Gasteiger partial charge in [-0.3, -0.25) is 0 Å². The number of hydrogen-bond donors (Lipinski definition) is 0. The molecular formula is C35H52O4. The third-order valence-electron chi connectivity index (χ3n) is 8.13. The summed E-state index contributed by atoms with van der Waals surface area (Å²) in [6, 6.07) is 14.6. The van der Waals surface area contributed by atoms with Gasteiger partial charge in [-0.15, -0.1) is 0 Å². The van der Waals surface area contributed by atoms with Gasteiger partial charge in [-0.1, -0.05) is 84.5 Å². The normalized spacial score (nSPS) is 17.9. The number of ether oxygens (including phenoxy) is 3. The lowest BCUT2D eigenvalue weighted by atomic mass is 9.78. The van der Waals surface area contributed by atoms with Crippen LogP contribution < -0.4 is 14.2 Å². The summed E-state index contributed by atoms with van der Waals surface area (Å²) < 4.78 is 17.5. The molecule has 4 heteroatoms. The first-order chi connectivity index (χ1) is 19.1. The molecule has 1 fully saturated rings. The minimum absolute atomic E-state index is 0.167. The van der Waals surface area contributed by atoms with E-state index in [1.165, 1.54) is 83.5 Å². The molecule has 39 heavy (non-hydrogen) atoms. The molecule has 0 spiro atoms. The second kappa shape index (κ2) is 18.0. The van der Waals surface area contributed by atoms with Crippen LogP contribution in [0.3, 0.4) is 0 Å². The molecule has 1 saturated carbocycles.